The minimum atomic E-state index is -3.81. The van der Waals surface area contributed by atoms with Gasteiger partial charge in [-0.3, -0.25) is 38.4 Å². The average molecular weight is 718 g/mol. The Morgan fingerprint density at radius 1 is 0.800 bits per heavy atom. The van der Waals surface area contributed by atoms with Crippen molar-refractivity contribution < 1.29 is 55.5 Å². The molecule has 4 rings (SSSR count). The van der Waals surface area contributed by atoms with Crippen molar-refractivity contribution in [3.63, 3.8) is 0 Å². The molecule has 1 saturated heterocycles. The van der Waals surface area contributed by atoms with E-state index >= 15 is 0 Å². The predicted molar refractivity (Wildman–Crippen MR) is 178 cm³/mol. The predicted octanol–water partition coefficient (Wildman–Crippen LogP) is 2.37. The van der Waals surface area contributed by atoms with Crippen molar-refractivity contribution in [2.24, 2.45) is 0 Å². The van der Waals surface area contributed by atoms with E-state index in [2.05, 4.69) is 10.6 Å². The van der Waals surface area contributed by atoms with E-state index in [1.54, 1.807) is 18.2 Å². The summed E-state index contributed by atoms with van der Waals surface area (Å²) in [5.74, 6) is -2.76. The van der Waals surface area contributed by atoms with Gasteiger partial charge in [0, 0.05) is 19.4 Å². The number of unbranched alkanes of at least 4 members (excludes halogenated alkanes) is 2. The van der Waals surface area contributed by atoms with E-state index in [0.29, 0.717) is 52.7 Å². The number of rotatable bonds is 22. The Balaban J connectivity index is 0.968. The number of hydrogen-bond donors (Lipinski definition) is 2. The van der Waals surface area contributed by atoms with Crippen LogP contribution in [0, 0.1) is 6.92 Å². The van der Waals surface area contributed by atoms with E-state index in [1.165, 1.54) is 24.3 Å². The van der Waals surface area contributed by atoms with Crippen molar-refractivity contribution in [1.82, 2.24) is 10.2 Å². The fourth-order valence-corrected chi connectivity index (χ4v) is 6.13. The molecule has 2 aliphatic rings. The maximum Gasteiger partial charge on any atom is 0.297 e. The van der Waals surface area contributed by atoms with Gasteiger partial charge >= 0.3 is 0 Å². The number of anilines is 1. The zero-order valence-corrected chi connectivity index (χ0v) is 28.8. The molecule has 0 aliphatic carbocycles. The van der Waals surface area contributed by atoms with Gasteiger partial charge in [-0.1, -0.05) is 30.2 Å². The monoisotopic (exact) mass is 717 g/mol. The van der Waals surface area contributed by atoms with Gasteiger partial charge in [-0.2, -0.15) is 8.42 Å². The summed E-state index contributed by atoms with van der Waals surface area (Å²) in [5, 5.41) is 4.88. The van der Waals surface area contributed by atoms with Crippen LogP contribution >= 0.6 is 0 Å². The number of benzene rings is 2. The standard InChI is InChI=1S/C34H43N3O12S/c1-24-9-11-25(12-10-24)50(43,44)49-23-22-48-21-20-47-19-18-46-17-16-45-15-4-2-3-8-29(38)35-27-7-5-6-26-31(27)34(42)37(33(26)41)28-13-14-30(39)36-32(28)40/h5-7,9-12,28H,2-4,8,13-23H2,1H3,(H,35,38)(H,36,39,40). The summed E-state index contributed by atoms with van der Waals surface area (Å²) >= 11 is 0. The van der Waals surface area contributed by atoms with Crippen molar-refractivity contribution in [3.05, 3.63) is 59.2 Å². The first-order valence-corrected chi connectivity index (χ1v) is 17.9. The summed E-state index contributed by atoms with van der Waals surface area (Å²) in [6, 6.07) is 9.90. The number of aryl methyl sites for hydroxylation is 1. The quantitative estimate of drug-likeness (QED) is 0.103. The highest BCUT2D eigenvalue weighted by atomic mass is 32.2. The van der Waals surface area contributed by atoms with Crippen LogP contribution in [0.15, 0.2) is 47.4 Å². The second kappa shape index (κ2) is 19.4. The number of ether oxygens (including phenoxy) is 4. The van der Waals surface area contributed by atoms with E-state index < -0.39 is 39.8 Å². The van der Waals surface area contributed by atoms with Crippen LogP contribution in [0.5, 0.6) is 0 Å². The van der Waals surface area contributed by atoms with Gasteiger partial charge in [0.1, 0.15) is 6.04 Å². The van der Waals surface area contributed by atoms with E-state index in [4.69, 9.17) is 23.1 Å². The lowest BCUT2D eigenvalue weighted by Crippen LogP contribution is -2.54. The third-order valence-corrected chi connectivity index (χ3v) is 9.15. The lowest BCUT2D eigenvalue weighted by atomic mass is 10.0. The molecular weight excluding hydrogens is 674 g/mol. The molecule has 1 unspecified atom stereocenters. The Morgan fingerprint density at radius 2 is 1.42 bits per heavy atom. The lowest BCUT2D eigenvalue weighted by molar-refractivity contribution is -0.136. The van der Waals surface area contributed by atoms with E-state index in [-0.39, 0.29) is 60.1 Å². The third-order valence-electron chi connectivity index (χ3n) is 7.83. The first-order valence-electron chi connectivity index (χ1n) is 16.5. The maximum atomic E-state index is 13.2. The summed E-state index contributed by atoms with van der Waals surface area (Å²) in [4.78, 5) is 63.5. The average Bonchev–Trinajstić information content (AvgIpc) is 3.34. The second-order valence-corrected chi connectivity index (χ2v) is 13.2. The number of carbonyl (C=O) groups excluding carboxylic acids is 5. The summed E-state index contributed by atoms with van der Waals surface area (Å²) in [7, 11) is -3.81. The Kier molecular flexibility index (Phi) is 15.0. The number of piperidine rings is 1. The Morgan fingerprint density at radius 3 is 2.06 bits per heavy atom. The van der Waals surface area contributed by atoms with Crippen LogP contribution in [0.3, 0.4) is 0 Å². The van der Waals surface area contributed by atoms with Gasteiger partial charge in [0.15, 0.2) is 0 Å². The first kappa shape index (κ1) is 38.7. The van der Waals surface area contributed by atoms with E-state index in [0.717, 1.165) is 23.3 Å². The van der Waals surface area contributed by atoms with Crippen LogP contribution in [-0.2, 0) is 47.6 Å². The number of amides is 5. The third kappa shape index (κ3) is 11.2. The molecule has 2 heterocycles. The molecule has 1 atom stereocenters. The molecule has 16 heteroatoms. The number of carbonyl (C=O) groups is 5. The Bertz CT molecular complexity index is 1610. The van der Waals surface area contributed by atoms with Crippen LogP contribution < -0.4 is 10.6 Å². The smallest absolute Gasteiger partial charge is 0.297 e. The van der Waals surface area contributed by atoms with Crippen LogP contribution in [0.1, 0.15) is 64.8 Å². The van der Waals surface area contributed by atoms with Gasteiger partial charge in [0.2, 0.25) is 17.7 Å². The highest BCUT2D eigenvalue weighted by molar-refractivity contribution is 7.86. The van der Waals surface area contributed by atoms with E-state index in [9.17, 15) is 32.4 Å². The van der Waals surface area contributed by atoms with Crippen molar-refractivity contribution in [2.75, 3.05) is 64.8 Å². The van der Waals surface area contributed by atoms with Crippen molar-refractivity contribution in [3.8, 4) is 0 Å². The van der Waals surface area contributed by atoms with Gasteiger partial charge in [-0.15, -0.1) is 0 Å². The molecule has 0 aromatic heterocycles. The van der Waals surface area contributed by atoms with Crippen molar-refractivity contribution in [2.45, 2.75) is 56.4 Å². The Hall–Kier alpha value is -4.06. The first-order chi connectivity index (χ1) is 24.1. The maximum absolute atomic E-state index is 13.2. The molecule has 0 radical (unpaired) electrons. The number of fused-ring (bicyclic) bond motifs is 1. The summed E-state index contributed by atoms with van der Waals surface area (Å²) in [6.45, 7) is 4.60. The van der Waals surface area contributed by atoms with Crippen LogP contribution in [-0.4, -0.2) is 108 Å². The molecule has 0 saturated carbocycles. The molecule has 15 nitrogen and oxygen atoms in total. The zero-order chi connectivity index (χ0) is 35.9. The number of nitrogens with zero attached hydrogens (tertiary/aromatic N) is 1. The molecule has 0 bridgehead atoms. The molecule has 1 fully saturated rings. The molecule has 0 spiro atoms. The fourth-order valence-electron chi connectivity index (χ4n) is 5.24. The zero-order valence-electron chi connectivity index (χ0n) is 28.0. The molecule has 50 heavy (non-hydrogen) atoms. The van der Waals surface area contributed by atoms with Crippen LogP contribution in [0.2, 0.25) is 0 Å². The van der Waals surface area contributed by atoms with Crippen molar-refractivity contribution in [1.29, 1.82) is 0 Å². The second-order valence-electron chi connectivity index (χ2n) is 11.6. The molecule has 2 N–H and O–H groups in total. The van der Waals surface area contributed by atoms with Gasteiger partial charge < -0.3 is 24.3 Å². The molecular formula is C34H43N3O12S. The van der Waals surface area contributed by atoms with Crippen molar-refractivity contribution >= 4 is 45.3 Å². The minimum Gasteiger partial charge on any atom is -0.379 e. The molecule has 2 aromatic carbocycles. The fraction of sp³-hybridized carbons (Fsp3) is 0.500. The van der Waals surface area contributed by atoms with Gasteiger partial charge in [0.25, 0.3) is 21.9 Å². The minimum absolute atomic E-state index is 0.0218. The lowest BCUT2D eigenvalue weighted by Gasteiger charge is -2.27. The molecule has 2 aliphatic heterocycles. The Labute approximate surface area is 291 Å². The van der Waals surface area contributed by atoms with Gasteiger partial charge in [-0.25, -0.2) is 0 Å². The molecule has 272 valence electrons. The normalized spacial score (nSPS) is 16.1. The SMILES string of the molecule is Cc1ccc(S(=O)(=O)OCCOCCOCCOCCOCCCCCC(=O)Nc2cccc3c2C(=O)N(C2CCC(=O)NC2=O)C3=O)cc1. The van der Waals surface area contributed by atoms with Crippen LogP contribution in [0.4, 0.5) is 5.69 Å². The summed E-state index contributed by atoms with van der Waals surface area (Å²) < 4.78 is 51.0. The van der Waals surface area contributed by atoms with E-state index in [1.807, 2.05) is 6.92 Å². The number of imide groups is 2. The highest BCUT2D eigenvalue weighted by Crippen LogP contribution is 2.32. The van der Waals surface area contributed by atoms with Gasteiger partial charge in [0.05, 0.1) is 74.6 Å². The van der Waals surface area contributed by atoms with Crippen LogP contribution in [0.25, 0.3) is 0 Å². The molecule has 2 aromatic rings. The summed E-state index contributed by atoms with van der Waals surface area (Å²) in [6.07, 6.45) is 2.36. The largest absolute Gasteiger partial charge is 0.379 e. The highest BCUT2D eigenvalue weighted by Gasteiger charge is 2.45. The molecule has 5 amide bonds. The topological polar surface area (TPSA) is 193 Å². The van der Waals surface area contributed by atoms with Gasteiger partial charge in [-0.05, 0) is 50.5 Å². The summed E-state index contributed by atoms with van der Waals surface area (Å²) in [5.41, 5.74) is 1.31. The number of nitrogens with one attached hydrogen (secondary N) is 2. The number of hydrogen-bond acceptors (Lipinski definition) is 12.